The van der Waals surface area contributed by atoms with Gasteiger partial charge in [0.15, 0.2) is 0 Å². The Morgan fingerprint density at radius 2 is 2.00 bits per heavy atom. The van der Waals surface area contributed by atoms with Crippen molar-refractivity contribution in [1.82, 2.24) is 14.9 Å². The zero-order chi connectivity index (χ0) is 16.8. The van der Waals surface area contributed by atoms with E-state index >= 15 is 0 Å². The van der Waals surface area contributed by atoms with Gasteiger partial charge in [0.25, 0.3) is 5.91 Å². The number of carbonyl (C=O) groups is 1. The van der Waals surface area contributed by atoms with Crippen LogP contribution in [-0.4, -0.2) is 33.9 Å². The number of carbonyl (C=O) groups excluding carboxylic acids is 1. The summed E-state index contributed by atoms with van der Waals surface area (Å²) in [5, 5.41) is 12.1. The Bertz CT molecular complexity index is 747. The fourth-order valence-corrected chi connectivity index (χ4v) is 2.23. The van der Waals surface area contributed by atoms with Crippen LogP contribution < -0.4 is 5.32 Å². The maximum absolute atomic E-state index is 12.4. The third-order valence-corrected chi connectivity index (χ3v) is 3.37. The third-order valence-electron chi connectivity index (χ3n) is 3.37. The van der Waals surface area contributed by atoms with Gasteiger partial charge >= 0.3 is 0 Å². The van der Waals surface area contributed by atoms with Crippen molar-refractivity contribution >= 4 is 17.4 Å². The van der Waals surface area contributed by atoms with Gasteiger partial charge in [-0.1, -0.05) is 6.07 Å². The van der Waals surface area contributed by atoms with Crippen LogP contribution in [0.4, 0.5) is 11.5 Å². The van der Waals surface area contributed by atoms with Crippen molar-refractivity contribution in [1.29, 1.82) is 5.26 Å². The first-order valence-corrected chi connectivity index (χ1v) is 7.49. The number of aromatic nitrogens is 2. The van der Waals surface area contributed by atoms with Gasteiger partial charge in [-0.25, -0.2) is 9.97 Å². The van der Waals surface area contributed by atoms with Crippen LogP contribution in [0.3, 0.4) is 0 Å². The number of amides is 1. The quantitative estimate of drug-likeness (QED) is 0.918. The molecule has 1 heterocycles. The lowest BCUT2D eigenvalue weighted by atomic mass is 10.2. The molecular weight excluding hydrogens is 290 g/mol. The fourth-order valence-electron chi connectivity index (χ4n) is 2.23. The van der Waals surface area contributed by atoms with Crippen LogP contribution in [0.2, 0.25) is 0 Å². The van der Waals surface area contributed by atoms with Crippen LogP contribution in [0.1, 0.15) is 35.7 Å². The topological polar surface area (TPSA) is 81.9 Å². The van der Waals surface area contributed by atoms with Crippen molar-refractivity contribution in [3.05, 3.63) is 47.4 Å². The summed E-state index contributed by atoms with van der Waals surface area (Å²) in [5.74, 6) is 0.930. The van der Waals surface area contributed by atoms with Crippen LogP contribution in [-0.2, 0) is 0 Å². The first-order chi connectivity index (χ1) is 11.1. The van der Waals surface area contributed by atoms with Crippen LogP contribution in [0.5, 0.6) is 0 Å². The zero-order valence-electron chi connectivity index (χ0n) is 13.5. The number of rotatable bonds is 5. The molecule has 0 aliphatic carbocycles. The average Bonchev–Trinajstić information content (AvgIpc) is 2.55. The van der Waals surface area contributed by atoms with E-state index in [9.17, 15) is 4.79 Å². The Kier molecular flexibility index (Phi) is 5.26. The van der Waals surface area contributed by atoms with Crippen molar-refractivity contribution in [3.63, 3.8) is 0 Å². The zero-order valence-corrected chi connectivity index (χ0v) is 13.5. The Labute approximate surface area is 135 Å². The summed E-state index contributed by atoms with van der Waals surface area (Å²) in [4.78, 5) is 22.7. The lowest BCUT2D eigenvalue weighted by Gasteiger charge is -2.18. The highest BCUT2D eigenvalue weighted by Crippen LogP contribution is 2.17. The highest BCUT2D eigenvalue weighted by atomic mass is 16.2. The summed E-state index contributed by atoms with van der Waals surface area (Å²) < 4.78 is 0. The number of nitrogens with one attached hydrogen (secondary N) is 1. The Balaban J connectivity index is 2.30. The predicted molar refractivity (Wildman–Crippen MR) is 88.5 cm³/mol. The van der Waals surface area contributed by atoms with Gasteiger partial charge in [-0.05, 0) is 39.0 Å². The fraction of sp³-hybridized carbons (Fsp3) is 0.294. The number of anilines is 2. The van der Waals surface area contributed by atoms with Crippen LogP contribution in [0.25, 0.3) is 0 Å². The lowest BCUT2D eigenvalue weighted by Crippen LogP contribution is -2.31. The molecule has 0 saturated carbocycles. The predicted octanol–water partition coefficient (Wildman–Crippen LogP) is 2.88. The second-order valence-corrected chi connectivity index (χ2v) is 4.98. The van der Waals surface area contributed by atoms with E-state index in [-0.39, 0.29) is 5.91 Å². The maximum atomic E-state index is 12.4. The number of aryl methyl sites for hydroxylation is 1. The molecule has 0 aliphatic rings. The molecule has 0 aliphatic heterocycles. The molecule has 1 aromatic carbocycles. The molecule has 1 N–H and O–H groups in total. The Hall–Kier alpha value is -2.94. The van der Waals surface area contributed by atoms with E-state index in [1.165, 1.54) is 0 Å². The van der Waals surface area contributed by atoms with Gasteiger partial charge in [0.05, 0.1) is 11.6 Å². The lowest BCUT2D eigenvalue weighted by molar-refractivity contribution is 0.0766. The highest BCUT2D eigenvalue weighted by molar-refractivity contribution is 5.93. The molecule has 0 bridgehead atoms. The van der Waals surface area contributed by atoms with Gasteiger partial charge in [0, 0.05) is 24.8 Å². The van der Waals surface area contributed by atoms with E-state index in [0.29, 0.717) is 36.0 Å². The Morgan fingerprint density at radius 1 is 1.26 bits per heavy atom. The van der Waals surface area contributed by atoms with E-state index in [0.717, 1.165) is 5.69 Å². The summed E-state index contributed by atoms with van der Waals surface area (Å²) in [7, 11) is 0. The summed E-state index contributed by atoms with van der Waals surface area (Å²) >= 11 is 0. The van der Waals surface area contributed by atoms with Crippen LogP contribution in [0.15, 0.2) is 30.3 Å². The van der Waals surface area contributed by atoms with Gasteiger partial charge < -0.3 is 10.2 Å². The number of hydrogen-bond donors (Lipinski definition) is 1. The maximum Gasteiger partial charge on any atom is 0.272 e. The first-order valence-electron chi connectivity index (χ1n) is 7.49. The minimum absolute atomic E-state index is 0.116. The minimum atomic E-state index is -0.116. The molecule has 1 amide bonds. The number of nitrogens with zero attached hydrogens (tertiary/aromatic N) is 4. The first kappa shape index (κ1) is 16.4. The van der Waals surface area contributed by atoms with Crippen molar-refractivity contribution in [2.75, 3.05) is 18.4 Å². The molecule has 0 saturated heterocycles. The number of benzene rings is 1. The van der Waals surface area contributed by atoms with E-state index in [1.807, 2.05) is 19.9 Å². The van der Waals surface area contributed by atoms with Gasteiger partial charge in [0.2, 0.25) is 0 Å². The number of nitriles is 1. The molecule has 0 unspecified atom stereocenters. The van der Waals surface area contributed by atoms with Crippen molar-refractivity contribution < 1.29 is 4.79 Å². The smallest absolute Gasteiger partial charge is 0.272 e. The standard InChI is InChI=1S/C17H19N5O/c1-4-22(5-2)17(23)15-10-16(20-12(3)19-15)21-14-8-6-7-13(9-14)11-18/h6-10H,4-5H2,1-3H3,(H,19,20,21). The molecule has 118 valence electrons. The largest absolute Gasteiger partial charge is 0.340 e. The van der Waals surface area contributed by atoms with E-state index in [1.54, 1.807) is 36.1 Å². The van der Waals surface area contributed by atoms with Crippen molar-refractivity contribution in [3.8, 4) is 6.07 Å². The number of hydrogen-bond acceptors (Lipinski definition) is 5. The third kappa shape index (κ3) is 4.04. The molecule has 23 heavy (non-hydrogen) atoms. The SMILES string of the molecule is CCN(CC)C(=O)c1cc(Nc2cccc(C#N)c2)nc(C)n1. The summed E-state index contributed by atoms with van der Waals surface area (Å²) in [5.41, 5.74) is 1.66. The molecule has 0 radical (unpaired) electrons. The van der Waals surface area contributed by atoms with Crippen molar-refractivity contribution in [2.45, 2.75) is 20.8 Å². The van der Waals surface area contributed by atoms with Gasteiger partial charge in [-0.3, -0.25) is 4.79 Å². The molecule has 2 aromatic rings. The van der Waals surface area contributed by atoms with Crippen LogP contribution in [0, 0.1) is 18.3 Å². The highest BCUT2D eigenvalue weighted by Gasteiger charge is 2.15. The second kappa shape index (κ2) is 7.36. The monoisotopic (exact) mass is 309 g/mol. The summed E-state index contributed by atoms with van der Waals surface area (Å²) in [6.07, 6.45) is 0. The van der Waals surface area contributed by atoms with E-state index in [4.69, 9.17) is 5.26 Å². The molecule has 1 aromatic heterocycles. The van der Waals surface area contributed by atoms with Gasteiger partial charge in [0.1, 0.15) is 17.3 Å². The average molecular weight is 309 g/mol. The van der Waals surface area contributed by atoms with E-state index in [2.05, 4.69) is 21.4 Å². The van der Waals surface area contributed by atoms with Crippen molar-refractivity contribution in [2.24, 2.45) is 0 Å². The summed E-state index contributed by atoms with van der Waals surface area (Å²) in [6.45, 7) is 6.87. The normalized spacial score (nSPS) is 10.0. The summed E-state index contributed by atoms with van der Waals surface area (Å²) in [6, 6.07) is 10.8. The Morgan fingerprint density at radius 3 is 2.65 bits per heavy atom. The molecule has 0 spiro atoms. The molecular formula is C17H19N5O. The van der Waals surface area contributed by atoms with E-state index < -0.39 is 0 Å². The van der Waals surface area contributed by atoms with Crippen LogP contribution >= 0.6 is 0 Å². The molecule has 6 nitrogen and oxygen atoms in total. The minimum Gasteiger partial charge on any atom is -0.340 e. The molecule has 6 heteroatoms. The molecule has 2 rings (SSSR count). The molecule has 0 fully saturated rings. The van der Waals surface area contributed by atoms with Gasteiger partial charge in [-0.15, -0.1) is 0 Å². The van der Waals surface area contributed by atoms with Gasteiger partial charge in [-0.2, -0.15) is 5.26 Å². The molecule has 0 atom stereocenters. The second-order valence-electron chi connectivity index (χ2n) is 4.98.